The zero-order valence-electron chi connectivity index (χ0n) is 11.0. The number of hydrogen-bond acceptors (Lipinski definition) is 6. The second-order valence-electron chi connectivity index (χ2n) is 4.15. The average molecular weight is 266 g/mol. The summed E-state index contributed by atoms with van der Waals surface area (Å²) >= 11 is 1.70. The maximum absolute atomic E-state index is 5.03. The van der Waals surface area contributed by atoms with Gasteiger partial charge in [0.25, 0.3) is 0 Å². The van der Waals surface area contributed by atoms with E-state index in [1.165, 1.54) is 5.01 Å². The van der Waals surface area contributed by atoms with Gasteiger partial charge < -0.3 is 4.52 Å². The number of thiazole rings is 1. The summed E-state index contributed by atoms with van der Waals surface area (Å²) in [6.45, 7) is 7.98. The van der Waals surface area contributed by atoms with Gasteiger partial charge in [0.1, 0.15) is 0 Å². The summed E-state index contributed by atoms with van der Waals surface area (Å²) in [5, 5.41) is 7.17. The van der Waals surface area contributed by atoms with Crippen molar-refractivity contribution in [2.45, 2.75) is 33.2 Å². The highest BCUT2D eigenvalue weighted by atomic mass is 32.1. The molecule has 0 aliphatic heterocycles. The molecule has 2 aromatic rings. The van der Waals surface area contributed by atoms with E-state index in [0.29, 0.717) is 5.89 Å². The molecule has 0 amide bonds. The molecule has 2 rings (SSSR count). The van der Waals surface area contributed by atoms with Crippen LogP contribution in [0, 0.1) is 6.92 Å². The standard InChI is InChI=1S/C12H18N4OS/c1-4-16(7-5-11-13-6-8-18-11)9(2)12-14-10(3)17-15-12/h6,8-9H,4-5,7H2,1-3H3. The zero-order chi connectivity index (χ0) is 13.0. The van der Waals surface area contributed by atoms with Crippen molar-refractivity contribution in [1.82, 2.24) is 20.0 Å². The van der Waals surface area contributed by atoms with Gasteiger partial charge in [0.15, 0.2) is 5.82 Å². The van der Waals surface area contributed by atoms with Crippen LogP contribution in [0.25, 0.3) is 0 Å². The van der Waals surface area contributed by atoms with Crippen LogP contribution in [0.3, 0.4) is 0 Å². The molecule has 2 aromatic heterocycles. The first-order chi connectivity index (χ1) is 8.70. The molecule has 5 nitrogen and oxygen atoms in total. The van der Waals surface area contributed by atoms with Crippen LogP contribution >= 0.6 is 11.3 Å². The lowest BCUT2D eigenvalue weighted by atomic mass is 10.2. The minimum atomic E-state index is 0.174. The van der Waals surface area contributed by atoms with E-state index in [0.717, 1.165) is 25.3 Å². The number of rotatable bonds is 6. The van der Waals surface area contributed by atoms with Crippen molar-refractivity contribution < 1.29 is 4.52 Å². The summed E-state index contributed by atoms with van der Waals surface area (Å²) in [5.74, 6) is 1.38. The van der Waals surface area contributed by atoms with Gasteiger partial charge in [-0.3, -0.25) is 4.90 Å². The topological polar surface area (TPSA) is 55.1 Å². The molecular formula is C12H18N4OS. The van der Waals surface area contributed by atoms with Crippen molar-refractivity contribution >= 4 is 11.3 Å². The Morgan fingerprint density at radius 1 is 1.50 bits per heavy atom. The van der Waals surface area contributed by atoms with Crippen molar-refractivity contribution in [1.29, 1.82) is 0 Å². The summed E-state index contributed by atoms with van der Waals surface area (Å²) in [5.41, 5.74) is 0. The first kappa shape index (κ1) is 13.2. The Kier molecular flexibility index (Phi) is 4.43. The Balaban J connectivity index is 1.95. The van der Waals surface area contributed by atoms with Crippen LogP contribution in [0.5, 0.6) is 0 Å². The largest absolute Gasteiger partial charge is 0.340 e. The van der Waals surface area contributed by atoms with Crippen molar-refractivity contribution in [3.8, 4) is 0 Å². The Morgan fingerprint density at radius 2 is 2.33 bits per heavy atom. The number of aromatic nitrogens is 3. The summed E-state index contributed by atoms with van der Waals surface area (Å²) < 4.78 is 5.03. The van der Waals surface area contributed by atoms with E-state index in [2.05, 4.69) is 33.9 Å². The molecule has 0 fully saturated rings. The SMILES string of the molecule is CCN(CCc1nccs1)C(C)c1noc(C)n1. The van der Waals surface area contributed by atoms with Gasteiger partial charge in [-0.05, 0) is 13.5 Å². The fourth-order valence-corrected chi connectivity index (χ4v) is 2.50. The van der Waals surface area contributed by atoms with Gasteiger partial charge in [-0.1, -0.05) is 12.1 Å². The number of hydrogen-bond donors (Lipinski definition) is 0. The molecule has 0 aromatic carbocycles. The van der Waals surface area contributed by atoms with Crippen LogP contribution in [0.2, 0.25) is 0 Å². The van der Waals surface area contributed by atoms with E-state index in [-0.39, 0.29) is 6.04 Å². The van der Waals surface area contributed by atoms with E-state index < -0.39 is 0 Å². The smallest absolute Gasteiger partial charge is 0.223 e. The summed E-state index contributed by atoms with van der Waals surface area (Å²) in [6, 6.07) is 0.174. The van der Waals surface area contributed by atoms with Gasteiger partial charge >= 0.3 is 0 Å². The van der Waals surface area contributed by atoms with Crippen LogP contribution in [0.15, 0.2) is 16.1 Å². The minimum absolute atomic E-state index is 0.174. The normalized spacial score (nSPS) is 13.1. The summed E-state index contributed by atoms with van der Waals surface area (Å²) in [4.78, 5) is 10.9. The van der Waals surface area contributed by atoms with Gasteiger partial charge in [0.2, 0.25) is 5.89 Å². The summed E-state index contributed by atoms with van der Waals surface area (Å²) in [7, 11) is 0. The maximum atomic E-state index is 5.03. The van der Waals surface area contributed by atoms with Gasteiger partial charge in [0, 0.05) is 31.5 Å². The predicted octanol–water partition coefficient (Wildman–Crippen LogP) is 2.46. The third kappa shape index (κ3) is 3.14. The number of aryl methyl sites for hydroxylation is 1. The van der Waals surface area contributed by atoms with Gasteiger partial charge in [0.05, 0.1) is 11.0 Å². The molecule has 0 radical (unpaired) electrons. The minimum Gasteiger partial charge on any atom is -0.340 e. The van der Waals surface area contributed by atoms with E-state index in [1.54, 1.807) is 11.3 Å². The predicted molar refractivity (Wildman–Crippen MR) is 70.5 cm³/mol. The van der Waals surface area contributed by atoms with Crippen LogP contribution < -0.4 is 0 Å². The summed E-state index contributed by atoms with van der Waals surface area (Å²) in [6.07, 6.45) is 2.81. The second-order valence-corrected chi connectivity index (χ2v) is 5.13. The van der Waals surface area contributed by atoms with E-state index >= 15 is 0 Å². The number of likely N-dealkylation sites (N-methyl/N-ethyl adjacent to an activating group) is 1. The number of nitrogens with zero attached hydrogens (tertiary/aromatic N) is 4. The van der Waals surface area contributed by atoms with Crippen LogP contribution in [0.4, 0.5) is 0 Å². The highest BCUT2D eigenvalue weighted by Gasteiger charge is 2.19. The second kappa shape index (κ2) is 6.06. The van der Waals surface area contributed by atoms with Crippen molar-refractivity contribution in [3.63, 3.8) is 0 Å². The first-order valence-corrected chi connectivity index (χ1v) is 7.01. The zero-order valence-corrected chi connectivity index (χ0v) is 11.8. The molecule has 1 atom stereocenters. The molecule has 0 saturated heterocycles. The van der Waals surface area contributed by atoms with Crippen LogP contribution in [0.1, 0.15) is 36.6 Å². The lowest BCUT2D eigenvalue weighted by Crippen LogP contribution is -2.29. The quantitative estimate of drug-likeness (QED) is 0.804. The molecule has 0 aliphatic rings. The molecular weight excluding hydrogens is 248 g/mol. The fourth-order valence-electron chi connectivity index (χ4n) is 1.89. The van der Waals surface area contributed by atoms with Crippen molar-refractivity contribution in [2.75, 3.05) is 13.1 Å². The fraction of sp³-hybridized carbons (Fsp3) is 0.583. The highest BCUT2D eigenvalue weighted by molar-refractivity contribution is 7.09. The molecule has 6 heteroatoms. The molecule has 1 unspecified atom stereocenters. The van der Waals surface area contributed by atoms with E-state index in [9.17, 15) is 0 Å². The Bertz CT molecular complexity index is 468. The first-order valence-electron chi connectivity index (χ1n) is 6.13. The van der Waals surface area contributed by atoms with Gasteiger partial charge in [-0.2, -0.15) is 4.98 Å². The monoisotopic (exact) mass is 266 g/mol. The molecule has 0 N–H and O–H groups in total. The van der Waals surface area contributed by atoms with E-state index in [1.807, 2.05) is 18.5 Å². The molecule has 0 aliphatic carbocycles. The van der Waals surface area contributed by atoms with Crippen LogP contribution in [-0.4, -0.2) is 33.1 Å². The Labute approximate surface area is 111 Å². The third-order valence-corrected chi connectivity index (χ3v) is 3.81. The highest BCUT2D eigenvalue weighted by Crippen LogP contribution is 2.17. The van der Waals surface area contributed by atoms with Crippen molar-refractivity contribution in [3.05, 3.63) is 28.3 Å². The maximum Gasteiger partial charge on any atom is 0.223 e. The molecule has 0 bridgehead atoms. The lowest BCUT2D eigenvalue weighted by molar-refractivity contribution is 0.212. The average Bonchev–Trinajstić information content (AvgIpc) is 3.00. The molecule has 2 heterocycles. The third-order valence-electron chi connectivity index (χ3n) is 2.97. The van der Waals surface area contributed by atoms with Gasteiger partial charge in [-0.25, -0.2) is 4.98 Å². The lowest BCUT2D eigenvalue weighted by Gasteiger charge is -2.24. The van der Waals surface area contributed by atoms with Crippen LogP contribution in [-0.2, 0) is 6.42 Å². The van der Waals surface area contributed by atoms with Gasteiger partial charge in [-0.15, -0.1) is 11.3 Å². The Morgan fingerprint density at radius 3 is 2.89 bits per heavy atom. The molecule has 18 heavy (non-hydrogen) atoms. The Hall–Kier alpha value is -1.27. The molecule has 0 spiro atoms. The molecule has 98 valence electrons. The van der Waals surface area contributed by atoms with E-state index in [4.69, 9.17) is 4.52 Å². The van der Waals surface area contributed by atoms with Crippen molar-refractivity contribution in [2.24, 2.45) is 0 Å². The molecule has 0 saturated carbocycles.